The summed E-state index contributed by atoms with van der Waals surface area (Å²) in [6.07, 6.45) is 12.2. The van der Waals surface area contributed by atoms with E-state index in [9.17, 15) is 14.5 Å². The van der Waals surface area contributed by atoms with Crippen LogP contribution in [0.15, 0.2) is 11.6 Å². The Hall–Kier alpha value is -0.600. The molecular weight excluding hydrogens is 311 g/mol. The molecule has 0 aromatic rings. The van der Waals surface area contributed by atoms with Crippen LogP contribution in [0.3, 0.4) is 0 Å². The van der Waals surface area contributed by atoms with Gasteiger partial charge >= 0.3 is 5.97 Å². The minimum Gasteiger partial charge on any atom is -0.478 e. The zero-order valence-electron chi connectivity index (χ0n) is 14.8. The van der Waals surface area contributed by atoms with E-state index in [0.717, 1.165) is 51.4 Å². The summed E-state index contributed by atoms with van der Waals surface area (Å²) >= 11 is 0. The maximum atomic E-state index is 13.0. The van der Waals surface area contributed by atoms with Crippen LogP contribution < -0.4 is 0 Å². The average Bonchev–Trinajstić information content (AvgIpc) is 2.52. The van der Waals surface area contributed by atoms with Crippen LogP contribution in [-0.4, -0.2) is 30.0 Å². The number of rotatable bonds is 11. The lowest BCUT2D eigenvalue weighted by Gasteiger charge is -2.21. The van der Waals surface area contributed by atoms with Gasteiger partial charge in [-0.2, -0.15) is 0 Å². The summed E-state index contributed by atoms with van der Waals surface area (Å²) < 4.78 is 18.5. The van der Waals surface area contributed by atoms with Crippen LogP contribution in [0, 0.1) is 5.92 Å². The Kier molecular flexibility index (Phi) is 9.81. The number of unbranched alkanes of at least 4 members (excludes halogenated alkanes) is 3. The van der Waals surface area contributed by atoms with E-state index in [1.807, 2.05) is 13.0 Å². The van der Waals surface area contributed by atoms with Gasteiger partial charge in [-0.25, -0.2) is 4.79 Å². The van der Waals surface area contributed by atoms with Gasteiger partial charge in [-0.05, 0) is 32.1 Å². The first-order valence-corrected chi connectivity index (χ1v) is 11.2. The van der Waals surface area contributed by atoms with Gasteiger partial charge in [-0.3, -0.25) is 4.57 Å². The third-order valence-electron chi connectivity index (χ3n) is 4.49. The summed E-state index contributed by atoms with van der Waals surface area (Å²) in [6, 6.07) is 0. The number of carboxylic acid groups (broad SMARTS) is 1. The second kappa shape index (κ2) is 11.0. The lowest BCUT2D eigenvalue weighted by Crippen LogP contribution is -2.13. The van der Waals surface area contributed by atoms with Gasteiger partial charge in [0.1, 0.15) is 0 Å². The largest absolute Gasteiger partial charge is 0.478 e. The zero-order valence-corrected chi connectivity index (χ0v) is 15.7. The molecule has 0 aromatic carbocycles. The Bertz CT molecular complexity index is 425. The fourth-order valence-electron chi connectivity index (χ4n) is 3.24. The maximum Gasteiger partial charge on any atom is 0.331 e. The molecule has 5 heteroatoms. The molecule has 4 nitrogen and oxygen atoms in total. The highest BCUT2D eigenvalue weighted by atomic mass is 31.2. The van der Waals surface area contributed by atoms with Gasteiger partial charge in [-0.1, -0.05) is 51.5 Å². The second-order valence-corrected chi connectivity index (χ2v) is 9.22. The third-order valence-corrected chi connectivity index (χ3v) is 7.04. The van der Waals surface area contributed by atoms with Crippen molar-refractivity contribution in [1.29, 1.82) is 0 Å². The molecule has 1 atom stereocenters. The molecule has 0 spiro atoms. The van der Waals surface area contributed by atoms with Crippen LogP contribution >= 0.6 is 7.37 Å². The molecule has 134 valence electrons. The number of carbonyl (C=O) groups is 1. The second-order valence-electron chi connectivity index (χ2n) is 6.57. The average molecular weight is 344 g/mol. The highest BCUT2D eigenvalue weighted by molar-refractivity contribution is 7.59. The summed E-state index contributed by atoms with van der Waals surface area (Å²) in [5, 5.41) is 9.50. The summed E-state index contributed by atoms with van der Waals surface area (Å²) in [5.41, 5.74) is 0.296. The van der Waals surface area contributed by atoms with E-state index in [0.29, 0.717) is 24.3 Å². The quantitative estimate of drug-likeness (QED) is 0.306. The van der Waals surface area contributed by atoms with E-state index < -0.39 is 13.3 Å². The van der Waals surface area contributed by atoms with Gasteiger partial charge in [0.2, 0.25) is 7.37 Å². The monoisotopic (exact) mass is 344 g/mol. The lowest BCUT2D eigenvalue weighted by atomic mass is 9.88. The Balaban J connectivity index is 2.73. The van der Waals surface area contributed by atoms with Crippen LogP contribution in [0.1, 0.15) is 71.6 Å². The van der Waals surface area contributed by atoms with Gasteiger partial charge in [0.25, 0.3) is 0 Å². The minimum absolute atomic E-state index is 0.0821. The number of aliphatic carboxylic acids is 1. The van der Waals surface area contributed by atoms with Crippen molar-refractivity contribution in [2.45, 2.75) is 71.6 Å². The standard InChI is InChI=1S/C18H33O4P/c1-3-5-6-10-13-23(21,22-4-2)15-17(18(19)20)14-16-11-8-7-9-12-16/h14,16H,3-13,15H2,1-2H3,(H,19,20). The van der Waals surface area contributed by atoms with Crippen LogP contribution in [0.5, 0.6) is 0 Å². The normalized spacial score (nSPS) is 19.5. The summed E-state index contributed by atoms with van der Waals surface area (Å²) in [7, 11) is -2.89. The molecule has 0 saturated heterocycles. The van der Waals surface area contributed by atoms with E-state index in [1.165, 1.54) is 6.42 Å². The molecule has 0 aromatic heterocycles. The van der Waals surface area contributed by atoms with E-state index >= 15 is 0 Å². The van der Waals surface area contributed by atoms with Gasteiger partial charge in [0.05, 0.1) is 12.8 Å². The Labute approximate surface area is 141 Å². The highest BCUT2D eigenvalue weighted by Crippen LogP contribution is 2.49. The van der Waals surface area contributed by atoms with Gasteiger partial charge in [-0.15, -0.1) is 0 Å². The van der Waals surface area contributed by atoms with Crippen molar-refractivity contribution in [2.75, 3.05) is 18.9 Å². The fourth-order valence-corrected chi connectivity index (χ4v) is 5.55. The first kappa shape index (κ1) is 20.4. The first-order valence-electron chi connectivity index (χ1n) is 9.17. The van der Waals surface area contributed by atoms with E-state index in [4.69, 9.17) is 4.52 Å². The number of hydrogen-bond acceptors (Lipinski definition) is 3. The molecule has 1 N–H and O–H groups in total. The molecule has 0 heterocycles. The van der Waals surface area contributed by atoms with Crippen LogP contribution in [0.4, 0.5) is 0 Å². The predicted octanol–water partition coefficient (Wildman–Crippen LogP) is 5.47. The van der Waals surface area contributed by atoms with Crippen LogP contribution in [0.2, 0.25) is 0 Å². The zero-order chi connectivity index (χ0) is 17.1. The van der Waals surface area contributed by atoms with Gasteiger partial charge in [0.15, 0.2) is 0 Å². The Morgan fingerprint density at radius 3 is 2.43 bits per heavy atom. The number of carboxylic acids is 1. The van der Waals surface area contributed by atoms with Crippen molar-refractivity contribution in [1.82, 2.24) is 0 Å². The SMILES string of the molecule is CCCCCCP(=O)(CC(=CC1CCCCC1)C(=O)O)OCC. The van der Waals surface area contributed by atoms with Crippen molar-refractivity contribution >= 4 is 13.3 Å². The number of hydrogen-bond donors (Lipinski definition) is 1. The summed E-state index contributed by atoms with van der Waals surface area (Å²) in [4.78, 5) is 11.6. The molecule has 1 unspecified atom stereocenters. The molecule has 23 heavy (non-hydrogen) atoms. The third kappa shape index (κ3) is 8.17. The fraction of sp³-hybridized carbons (Fsp3) is 0.833. The Morgan fingerprint density at radius 2 is 1.87 bits per heavy atom. The molecule has 1 aliphatic carbocycles. The van der Waals surface area contributed by atoms with E-state index in [1.54, 1.807) is 0 Å². The molecule has 0 radical (unpaired) electrons. The molecule has 1 aliphatic rings. The van der Waals surface area contributed by atoms with Crippen molar-refractivity contribution in [2.24, 2.45) is 5.92 Å². The molecule has 0 amide bonds. The molecule has 0 bridgehead atoms. The van der Waals surface area contributed by atoms with Crippen molar-refractivity contribution in [3.8, 4) is 0 Å². The van der Waals surface area contributed by atoms with Gasteiger partial charge < -0.3 is 9.63 Å². The molecular formula is C18H33O4P. The molecule has 1 rings (SSSR count). The van der Waals surface area contributed by atoms with E-state index in [-0.39, 0.29) is 6.16 Å². The van der Waals surface area contributed by atoms with Gasteiger partial charge in [0, 0.05) is 11.7 Å². The maximum absolute atomic E-state index is 13.0. The molecule has 0 aliphatic heterocycles. The molecule has 1 fully saturated rings. The van der Waals surface area contributed by atoms with Crippen LogP contribution in [0.25, 0.3) is 0 Å². The van der Waals surface area contributed by atoms with Crippen molar-refractivity contribution in [3.05, 3.63) is 11.6 Å². The number of allylic oxidation sites excluding steroid dienone is 1. The smallest absolute Gasteiger partial charge is 0.331 e. The van der Waals surface area contributed by atoms with E-state index in [2.05, 4.69) is 6.92 Å². The van der Waals surface area contributed by atoms with Crippen LogP contribution in [-0.2, 0) is 13.9 Å². The topological polar surface area (TPSA) is 63.6 Å². The summed E-state index contributed by atoms with van der Waals surface area (Å²) in [6.45, 7) is 4.34. The minimum atomic E-state index is -2.89. The predicted molar refractivity (Wildman–Crippen MR) is 95.4 cm³/mol. The first-order chi connectivity index (χ1) is 11.0. The molecule has 1 saturated carbocycles. The Morgan fingerprint density at radius 1 is 1.17 bits per heavy atom. The van der Waals surface area contributed by atoms with Crippen molar-refractivity contribution in [3.63, 3.8) is 0 Å². The summed E-state index contributed by atoms with van der Waals surface area (Å²) in [5.74, 6) is -0.617. The lowest BCUT2D eigenvalue weighted by molar-refractivity contribution is -0.132. The van der Waals surface area contributed by atoms with Crippen molar-refractivity contribution < 1.29 is 19.0 Å². The highest BCUT2D eigenvalue weighted by Gasteiger charge is 2.27.